The SMILES string of the molecule is CC(C)CNCC1(CN2CC(C)CC2C)CCCOC1. The summed E-state index contributed by atoms with van der Waals surface area (Å²) in [7, 11) is 0. The third kappa shape index (κ3) is 4.44. The number of hydrogen-bond acceptors (Lipinski definition) is 3. The molecule has 3 nitrogen and oxygen atoms in total. The van der Waals surface area contributed by atoms with Crippen molar-refractivity contribution in [2.24, 2.45) is 17.3 Å². The molecule has 0 aliphatic carbocycles. The van der Waals surface area contributed by atoms with Gasteiger partial charge in [-0.25, -0.2) is 0 Å². The smallest absolute Gasteiger partial charge is 0.0546 e. The fraction of sp³-hybridized carbons (Fsp3) is 1.00. The van der Waals surface area contributed by atoms with E-state index in [-0.39, 0.29) is 0 Å². The van der Waals surface area contributed by atoms with E-state index >= 15 is 0 Å². The molecule has 3 unspecified atom stereocenters. The van der Waals surface area contributed by atoms with Crippen LogP contribution in [-0.2, 0) is 4.74 Å². The minimum absolute atomic E-state index is 0.339. The molecule has 2 heterocycles. The van der Waals surface area contributed by atoms with Crippen molar-refractivity contribution in [1.82, 2.24) is 10.2 Å². The predicted octanol–water partition coefficient (Wildman–Crippen LogP) is 2.76. The molecule has 0 spiro atoms. The van der Waals surface area contributed by atoms with Crippen LogP contribution in [0, 0.1) is 17.3 Å². The summed E-state index contributed by atoms with van der Waals surface area (Å²) < 4.78 is 5.85. The van der Waals surface area contributed by atoms with Gasteiger partial charge in [-0.2, -0.15) is 0 Å². The van der Waals surface area contributed by atoms with Crippen molar-refractivity contribution >= 4 is 0 Å². The largest absolute Gasteiger partial charge is 0.381 e. The highest BCUT2D eigenvalue weighted by Crippen LogP contribution is 2.33. The molecule has 2 saturated heterocycles. The zero-order valence-electron chi connectivity index (χ0n) is 14.0. The van der Waals surface area contributed by atoms with Crippen molar-refractivity contribution in [3.8, 4) is 0 Å². The summed E-state index contributed by atoms with van der Waals surface area (Å²) in [6.07, 6.45) is 3.90. The normalized spacial score (nSPS) is 35.9. The molecular formula is C17H34N2O. The van der Waals surface area contributed by atoms with Crippen molar-refractivity contribution in [3.63, 3.8) is 0 Å². The Morgan fingerprint density at radius 3 is 2.70 bits per heavy atom. The highest BCUT2D eigenvalue weighted by atomic mass is 16.5. The molecule has 118 valence electrons. The molecule has 3 atom stereocenters. The van der Waals surface area contributed by atoms with Crippen LogP contribution in [0.4, 0.5) is 0 Å². The highest BCUT2D eigenvalue weighted by molar-refractivity contribution is 4.91. The second kappa shape index (κ2) is 7.24. The Morgan fingerprint density at radius 1 is 1.35 bits per heavy atom. The Labute approximate surface area is 125 Å². The van der Waals surface area contributed by atoms with Crippen molar-refractivity contribution in [1.29, 1.82) is 0 Å². The summed E-state index contributed by atoms with van der Waals surface area (Å²) in [6.45, 7) is 15.9. The number of likely N-dealkylation sites (tertiary alicyclic amines) is 1. The predicted molar refractivity (Wildman–Crippen MR) is 85.0 cm³/mol. The fourth-order valence-electron chi connectivity index (χ4n) is 3.89. The standard InChI is InChI=1S/C17H34N2O/c1-14(2)9-18-11-17(6-5-7-20-13-17)12-19-10-15(3)8-16(19)4/h14-16,18H,5-13H2,1-4H3. The number of hydrogen-bond donors (Lipinski definition) is 1. The van der Waals surface area contributed by atoms with Crippen LogP contribution in [-0.4, -0.2) is 50.3 Å². The maximum atomic E-state index is 5.85. The number of nitrogens with one attached hydrogen (secondary N) is 1. The van der Waals surface area contributed by atoms with Crippen LogP contribution < -0.4 is 5.32 Å². The van der Waals surface area contributed by atoms with Crippen LogP contribution in [0.3, 0.4) is 0 Å². The third-order valence-electron chi connectivity index (χ3n) is 4.91. The van der Waals surface area contributed by atoms with Gasteiger partial charge in [0.25, 0.3) is 0 Å². The van der Waals surface area contributed by atoms with E-state index in [1.165, 1.54) is 32.4 Å². The molecule has 2 rings (SSSR count). The minimum Gasteiger partial charge on any atom is -0.381 e. The van der Waals surface area contributed by atoms with Crippen LogP contribution in [0.25, 0.3) is 0 Å². The Kier molecular flexibility index (Phi) is 5.88. The quantitative estimate of drug-likeness (QED) is 0.811. The molecule has 0 aromatic rings. The van der Waals surface area contributed by atoms with Gasteiger partial charge in [-0.3, -0.25) is 4.90 Å². The van der Waals surface area contributed by atoms with Crippen LogP contribution >= 0.6 is 0 Å². The monoisotopic (exact) mass is 282 g/mol. The first-order chi connectivity index (χ1) is 9.51. The summed E-state index contributed by atoms with van der Waals surface area (Å²) in [5, 5.41) is 3.69. The average Bonchev–Trinajstić information content (AvgIpc) is 2.68. The zero-order valence-corrected chi connectivity index (χ0v) is 14.0. The van der Waals surface area contributed by atoms with E-state index in [1.807, 2.05) is 0 Å². The summed E-state index contributed by atoms with van der Waals surface area (Å²) in [4.78, 5) is 2.70. The maximum absolute atomic E-state index is 5.85. The second-order valence-corrected chi connectivity index (χ2v) is 7.80. The van der Waals surface area contributed by atoms with E-state index in [0.29, 0.717) is 5.41 Å². The van der Waals surface area contributed by atoms with Gasteiger partial charge < -0.3 is 10.1 Å². The molecule has 2 aliphatic rings. The van der Waals surface area contributed by atoms with E-state index in [9.17, 15) is 0 Å². The van der Waals surface area contributed by atoms with E-state index in [2.05, 4.69) is 37.9 Å². The van der Waals surface area contributed by atoms with Gasteiger partial charge in [-0.15, -0.1) is 0 Å². The molecule has 0 amide bonds. The fourth-order valence-corrected chi connectivity index (χ4v) is 3.89. The lowest BCUT2D eigenvalue weighted by Crippen LogP contribution is -2.50. The first kappa shape index (κ1) is 16.3. The molecule has 0 bridgehead atoms. The third-order valence-corrected chi connectivity index (χ3v) is 4.91. The van der Waals surface area contributed by atoms with Gasteiger partial charge in [-0.05, 0) is 44.6 Å². The Hall–Kier alpha value is -0.120. The molecule has 1 N–H and O–H groups in total. The lowest BCUT2D eigenvalue weighted by molar-refractivity contribution is -0.0277. The summed E-state index contributed by atoms with van der Waals surface area (Å²) in [5.41, 5.74) is 0.339. The number of rotatable bonds is 6. The molecule has 20 heavy (non-hydrogen) atoms. The van der Waals surface area contributed by atoms with Crippen molar-refractivity contribution < 1.29 is 4.74 Å². The molecule has 0 radical (unpaired) electrons. The van der Waals surface area contributed by atoms with E-state index in [4.69, 9.17) is 4.74 Å². The van der Waals surface area contributed by atoms with Gasteiger partial charge in [0, 0.05) is 37.7 Å². The van der Waals surface area contributed by atoms with Gasteiger partial charge in [0.1, 0.15) is 0 Å². The topological polar surface area (TPSA) is 24.5 Å². The van der Waals surface area contributed by atoms with Gasteiger partial charge >= 0.3 is 0 Å². The Morgan fingerprint density at radius 2 is 2.15 bits per heavy atom. The van der Waals surface area contributed by atoms with Gasteiger partial charge in [-0.1, -0.05) is 20.8 Å². The second-order valence-electron chi connectivity index (χ2n) is 7.80. The summed E-state index contributed by atoms with van der Waals surface area (Å²) >= 11 is 0. The van der Waals surface area contributed by atoms with E-state index in [1.54, 1.807) is 0 Å². The molecule has 0 aromatic heterocycles. The van der Waals surface area contributed by atoms with E-state index < -0.39 is 0 Å². The van der Waals surface area contributed by atoms with Crippen LogP contribution in [0.2, 0.25) is 0 Å². The summed E-state index contributed by atoms with van der Waals surface area (Å²) in [5.74, 6) is 1.58. The molecule has 0 saturated carbocycles. The molecule has 2 aliphatic heterocycles. The molecule has 2 fully saturated rings. The molecule has 3 heteroatoms. The maximum Gasteiger partial charge on any atom is 0.0546 e. The summed E-state index contributed by atoms with van der Waals surface area (Å²) in [6, 6.07) is 0.744. The molecule has 0 aromatic carbocycles. The lowest BCUT2D eigenvalue weighted by atomic mass is 9.81. The van der Waals surface area contributed by atoms with Crippen molar-refractivity contribution in [2.45, 2.75) is 53.0 Å². The van der Waals surface area contributed by atoms with Crippen LogP contribution in [0.5, 0.6) is 0 Å². The Balaban J connectivity index is 1.92. The van der Waals surface area contributed by atoms with Gasteiger partial charge in [0.05, 0.1) is 6.61 Å². The first-order valence-electron chi connectivity index (χ1n) is 8.53. The number of nitrogens with zero attached hydrogens (tertiary/aromatic N) is 1. The van der Waals surface area contributed by atoms with Crippen molar-refractivity contribution in [2.75, 3.05) is 39.4 Å². The first-order valence-corrected chi connectivity index (χ1v) is 8.53. The highest BCUT2D eigenvalue weighted by Gasteiger charge is 2.38. The van der Waals surface area contributed by atoms with Crippen LogP contribution in [0.1, 0.15) is 47.0 Å². The lowest BCUT2D eigenvalue weighted by Gasteiger charge is -2.41. The molecular weight excluding hydrogens is 248 g/mol. The van der Waals surface area contributed by atoms with Crippen molar-refractivity contribution in [3.05, 3.63) is 0 Å². The van der Waals surface area contributed by atoms with E-state index in [0.717, 1.165) is 44.2 Å². The van der Waals surface area contributed by atoms with Gasteiger partial charge in [0.2, 0.25) is 0 Å². The minimum atomic E-state index is 0.339. The van der Waals surface area contributed by atoms with Crippen LogP contribution in [0.15, 0.2) is 0 Å². The average molecular weight is 282 g/mol. The zero-order chi connectivity index (χ0) is 14.6. The Bertz CT molecular complexity index is 287. The number of ether oxygens (including phenoxy) is 1. The van der Waals surface area contributed by atoms with Gasteiger partial charge in [0.15, 0.2) is 0 Å².